The lowest BCUT2D eigenvalue weighted by molar-refractivity contribution is 0.320. The van der Waals surface area contributed by atoms with Crippen molar-refractivity contribution in [3.8, 4) is 17.2 Å². The van der Waals surface area contributed by atoms with Crippen molar-refractivity contribution in [2.24, 2.45) is 11.7 Å². The van der Waals surface area contributed by atoms with Gasteiger partial charge in [0, 0.05) is 11.6 Å². The summed E-state index contributed by atoms with van der Waals surface area (Å²) in [6.45, 7) is 0. The van der Waals surface area contributed by atoms with Crippen molar-refractivity contribution in [2.75, 3.05) is 21.3 Å². The summed E-state index contributed by atoms with van der Waals surface area (Å²) in [6.07, 6.45) is 4.89. The van der Waals surface area contributed by atoms with Gasteiger partial charge < -0.3 is 19.9 Å². The Bertz CT molecular complexity index is 430. The van der Waals surface area contributed by atoms with Crippen LogP contribution in [-0.2, 0) is 0 Å². The predicted octanol–water partition coefficient (Wildman–Crippen LogP) is 2.90. The van der Waals surface area contributed by atoms with Crippen LogP contribution in [-0.4, -0.2) is 21.3 Å². The molecule has 4 heteroatoms. The Morgan fingerprint density at radius 1 is 1.11 bits per heavy atom. The Balaban J connectivity index is 2.22. The average Bonchev–Trinajstić information content (AvgIpc) is 3.26. The van der Waals surface area contributed by atoms with Crippen LogP contribution >= 0.6 is 0 Å². The van der Waals surface area contributed by atoms with Crippen LogP contribution < -0.4 is 19.9 Å². The van der Waals surface area contributed by atoms with Gasteiger partial charge in [-0.1, -0.05) is 12.8 Å². The van der Waals surface area contributed by atoms with Crippen LogP contribution in [0.5, 0.6) is 17.2 Å². The van der Waals surface area contributed by atoms with Gasteiger partial charge in [0.1, 0.15) is 0 Å². The van der Waals surface area contributed by atoms with Crippen molar-refractivity contribution < 1.29 is 14.2 Å². The molecule has 2 N–H and O–H groups in total. The van der Waals surface area contributed by atoms with E-state index < -0.39 is 0 Å². The zero-order valence-corrected chi connectivity index (χ0v) is 11.9. The van der Waals surface area contributed by atoms with Gasteiger partial charge in [0.05, 0.1) is 21.3 Å². The van der Waals surface area contributed by atoms with Crippen LogP contribution in [0.4, 0.5) is 0 Å². The largest absolute Gasteiger partial charge is 0.493 e. The lowest BCUT2D eigenvalue weighted by atomic mass is 9.99. The molecule has 1 aliphatic rings. The minimum absolute atomic E-state index is 0.0182. The summed E-state index contributed by atoms with van der Waals surface area (Å²) in [7, 11) is 4.86. The van der Waals surface area contributed by atoms with E-state index in [0.29, 0.717) is 17.2 Å². The molecule has 1 fully saturated rings. The maximum atomic E-state index is 6.29. The zero-order chi connectivity index (χ0) is 13.8. The first-order chi connectivity index (χ1) is 9.21. The van der Waals surface area contributed by atoms with Gasteiger partial charge in [-0.2, -0.15) is 0 Å². The van der Waals surface area contributed by atoms with E-state index in [-0.39, 0.29) is 6.04 Å². The predicted molar refractivity (Wildman–Crippen MR) is 75.0 cm³/mol. The quantitative estimate of drug-likeness (QED) is 0.823. The fourth-order valence-corrected chi connectivity index (χ4v) is 2.39. The molecule has 1 aromatic carbocycles. The van der Waals surface area contributed by atoms with Crippen molar-refractivity contribution >= 4 is 0 Å². The standard InChI is InChI=1S/C15H23NO3/c1-17-13-9-7-11(14(18-2)15(13)19-3)12(16)8-6-10-4-5-10/h7,9-10,12H,4-6,8,16H2,1-3H3. The van der Waals surface area contributed by atoms with Gasteiger partial charge in [-0.3, -0.25) is 0 Å². The van der Waals surface area contributed by atoms with Crippen LogP contribution in [0.25, 0.3) is 0 Å². The lowest BCUT2D eigenvalue weighted by Gasteiger charge is -2.19. The monoisotopic (exact) mass is 265 g/mol. The number of hydrogen-bond acceptors (Lipinski definition) is 4. The average molecular weight is 265 g/mol. The summed E-state index contributed by atoms with van der Waals surface area (Å²) in [5, 5.41) is 0. The number of ether oxygens (including phenoxy) is 3. The third-order valence-corrected chi connectivity index (χ3v) is 3.72. The number of benzene rings is 1. The summed E-state index contributed by atoms with van der Waals surface area (Å²) >= 11 is 0. The molecule has 1 aliphatic carbocycles. The van der Waals surface area contributed by atoms with E-state index in [4.69, 9.17) is 19.9 Å². The molecule has 0 saturated heterocycles. The fourth-order valence-electron chi connectivity index (χ4n) is 2.39. The minimum Gasteiger partial charge on any atom is -0.493 e. The van der Waals surface area contributed by atoms with E-state index in [0.717, 1.165) is 17.9 Å². The van der Waals surface area contributed by atoms with Crippen LogP contribution in [0.3, 0.4) is 0 Å². The van der Waals surface area contributed by atoms with Gasteiger partial charge in [0.15, 0.2) is 11.5 Å². The Kier molecular flexibility index (Phi) is 4.53. The first-order valence-electron chi connectivity index (χ1n) is 6.75. The van der Waals surface area contributed by atoms with Crippen LogP contribution in [0, 0.1) is 5.92 Å². The molecule has 0 aliphatic heterocycles. The van der Waals surface area contributed by atoms with E-state index in [1.165, 1.54) is 19.3 Å². The van der Waals surface area contributed by atoms with Gasteiger partial charge >= 0.3 is 0 Å². The van der Waals surface area contributed by atoms with Crippen molar-refractivity contribution in [3.05, 3.63) is 17.7 Å². The summed E-state index contributed by atoms with van der Waals surface area (Å²) < 4.78 is 16.1. The molecular weight excluding hydrogens is 242 g/mol. The van der Waals surface area contributed by atoms with E-state index >= 15 is 0 Å². The highest BCUT2D eigenvalue weighted by Crippen LogP contribution is 2.43. The van der Waals surface area contributed by atoms with Crippen LogP contribution in [0.2, 0.25) is 0 Å². The number of hydrogen-bond donors (Lipinski definition) is 1. The second-order valence-corrected chi connectivity index (χ2v) is 5.05. The van der Waals surface area contributed by atoms with E-state index in [2.05, 4.69) is 0 Å². The summed E-state index contributed by atoms with van der Waals surface area (Å²) in [5.74, 6) is 2.85. The van der Waals surface area contributed by atoms with Crippen LogP contribution in [0.15, 0.2) is 12.1 Å². The Morgan fingerprint density at radius 2 is 1.79 bits per heavy atom. The lowest BCUT2D eigenvalue weighted by Crippen LogP contribution is -2.12. The minimum atomic E-state index is -0.0182. The molecule has 1 aromatic rings. The zero-order valence-electron chi connectivity index (χ0n) is 11.9. The van der Waals surface area contributed by atoms with E-state index in [9.17, 15) is 0 Å². The molecule has 19 heavy (non-hydrogen) atoms. The van der Waals surface area contributed by atoms with Gasteiger partial charge in [0.2, 0.25) is 5.75 Å². The molecule has 106 valence electrons. The number of rotatable bonds is 7. The normalized spacial score (nSPS) is 16.0. The fraction of sp³-hybridized carbons (Fsp3) is 0.600. The Morgan fingerprint density at radius 3 is 2.32 bits per heavy atom. The van der Waals surface area contributed by atoms with E-state index in [1.54, 1.807) is 21.3 Å². The topological polar surface area (TPSA) is 53.7 Å². The van der Waals surface area contributed by atoms with Crippen molar-refractivity contribution in [2.45, 2.75) is 31.7 Å². The highest BCUT2D eigenvalue weighted by molar-refractivity contribution is 5.56. The molecule has 0 amide bonds. The maximum absolute atomic E-state index is 6.29. The molecule has 0 bridgehead atoms. The molecular formula is C15H23NO3. The van der Waals surface area contributed by atoms with Crippen molar-refractivity contribution in [3.63, 3.8) is 0 Å². The highest BCUT2D eigenvalue weighted by Gasteiger charge is 2.24. The second-order valence-electron chi connectivity index (χ2n) is 5.05. The molecule has 1 atom stereocenters. The van der Waals surface area contributed by atoms with Crippen LogP contribution in [0.1, 0.15) is 37.3 Å². The molecule has 2 rings (SSSR count). The molecule has 1 saturated carbocycles. The smallest absolute Gasteiger partial charge is 0.203 e. The Hall–Kier alpha value is -1.42. The first kappa shape index (κ1) is 14.0. The SMILES string of the molecule is COc1ccc(C(N)CCC2CC2)c(OC)c1OC. The number of methoxy groups -OCH3 is 3. The first-order valence-corrected chi connectivity index (χ1v) is 6.75. The Labute approximate surface area is 114 Å². The molecule has 0 spiro atoms. The maximum Gasteiger partial charge on any atom is 0.203 e. The molecule has 0 heterocycles. The summed E-state index contributed by atoms with van der Waals surface area (Å²) in [5.41, 5.74) is 7.27. The molecule has 1 unspecified atom stereocenters. The summed E-state index contributed by atoms with van der Waals surface area (Å²) in [6, 6.07) is 3.83. The highest BCUT2D eigenvalue weighted by atomic mass is 16.5. The van der Waals surface area contributed by atoms with Gasteiger partial charge in [0.25, 0.3) is 0 Å². The molecule has 4 nitrogen and oxygen atoms in total. The van der Waals surface area contributed by atoms with Crippen molar-refractivity contribution in [1.29, 1.82) is 0 Å². The third kappa shape index (κ3) is 3.13. The number of nitrogens with two attached hydrogens (primary N) is 1. The van der Waals surface area contributed by atoms with Gasteiger partial charge in [-0.15, -0.1) is 0 Å². The van der Waals surface area contributed by atoms with Gasteiger partial charge in [-0.25, -0.2) is 0 Å². The third-order valence-electron chi connectivity index (χ3n) is 3.72. The summed E-state index contributed by atoms with van der Waals surface area (Å²) in [4.78, 5) is 0. The van der Waals surface area contributed by atoms with Crippen molar-refractivity contribution in [1.82, 2.24) is 0 Å². The van der Waals surface area contributed by atoms with Gasteiger partial charge in [-0.05, 0) is 30.9 Å². The molecule has 0 aromatic heterocycles. The molecule has 0 radical (unpaired) electrons. The second kappa shape index (κ2) is 6.15. The van der Waals surface area contributed by atoms with E-state index in [1.807, 2.05) is 12.1 Å².